The maximum Gasteiger partial charge on any atom is 0.262 e. The Kier molecular flexibility index (Phi) is 5.66. The predicted octanol–water partition coefficient (Wildman–Crippen LogP) is 4.98. The fourth-order valence-corrected chi connectivity index (χ4v) is 6.72. The number of hydrogen-bond donors (Lipinski definition) is 1. The minimum absolute atomic E-state index is 0.0833. The van der Waals surface area contributed by atoms with Gasteiger partial charge in [-0.3, -0.25) is 9.52 Å². The zero-order valence-electron chi connectivity index (χ0n) is 18.2. The molecule has 4 rings (SSSR count). The highest BCUT2D eigenvalue weighted by molar-refractivity contribution is 7.92. The fourth-order valence-electron chi connectivity index (χ4n) is 4.26. The normalized spacial score (nSPS) is 13.7. The van der Waals surface area contributed by atoms with E-state index in [9.17, 15) is 13.2 Å². The maximum absolute atomic E-state index is 13.2. The molecule has 0 unspecified atom stereocenters. The van der Waals surface area contributed by atoms with Gasteiger partial charge in [-0.25, -0.2) is 8.42 Å². The van der Waals surface area contributed by atoms with E-state index in [2.05, 4.69) is 16.2 Å². The molecule has 2 aromatic carbocycles. The van der Waals surface area contributed by atoms with Crippen LogP contribution < -0.4 is 4.72 Å². The average molecular weight is 455 g/mol. The number of rotatable bonds is 4. The second-order valence-electron chi connectivity index (χ2n) is 8.21. The molecule has 0 spiro atoms. The van der Waals surface area contributed by atoms with E-state index in [1.54, 1.807) is 43.4 Å². The average Bonchev–Trinajstić information content (AvgIpc) is 3.15. The van der Waals surface area contributed by atoms with Gasteiger partial charge in [-0.1, -0.05) is 23.8 Å². The van der Waals surface area contributed by atoms with Crippen molar-refractivity contribution < 1.29 is 13.2 Å². The van der Waals surface area contributed by atoms with Crippen LogP contribution in [-0.4, -0.2) is 25.8 Å². The van der Waals surface area contributed by atoms with Crippen molar-refractivity contribution in [3.63, 3.8) is 0 Å². The summed E-state index contributed by atoms with van der Waals surface area (Å²) in [6, 6.07) is 11.0. The molecule has 1 amide bonds. The molecule has 0 saturated heterocycles. The van der Waals surface area contributed by atoms with Crippen molar-refractivity contribution in [2.45, 2.75) is 45.6 Å². The number of nitrogens with zero attached hydrogens (tertiary/aromatic N) is 1. The molecular formula is C24H26N2O3S2. The van der Waals surface area contributed by atoms with Gasteiger partial charge in [-0.2, -0.15) is 0 Å². The van der Waals surface area contributed by atoms with Crippen molar-refractivity contribution in [2.75, 3.05) is 11.3 Å². The highest BCUT2D eigenvalue weighted by atomic mass is 32.2. The summed E-state index contributed by atoms with van der Waals surface area (Å²) in [5.74, 6) is -0.0833. The summed E-state index contributed by atoms with van der Waals surface area (Å²) < 4.78 is 29.1. The first kappa shape index (κ1) is 21.6. The number of amides is 1. The molecule has 7 heteroatoms. The summed E-state index contributed by atoms with van der Waals surface area (Å²) in [4.78, 5) is 16.6. The Hall–Kier alpha value is -2.64. The molecule has 1 aliphatic rings. The first-order valence-electron chi connectivity index (χ1n) is 10.2. The van der Waals surface area contributed by atoms with Gasteiger partial charge in [-0.05, 0) is 79.9 Å². The first-order chi connectivity index (χ1) is 14.7. The number of sulfonamides is 1. The summed E-state index contributed by atoms with van der Waals surface area (Å²) in [5, 5.41) is 2.06. The van der Waals surface area contributed by atoms with Gasteiger partial charge in [0.15, 0.2) is 0 Å². The molecule has 1 aliphatic heterocycles. The van der Waals surface area contributed by atoms with Crippen LogP contribution in [0.4, 0.5) is 5.69 Å². The van der Waals surface area contributed by atoms with Crippen LogP contribution in [0.1, 0.15) is 43.1 Å². The van der Waals surface area contributed by atoms with E-state index in [1.807, 2.05) is 30.9 Å². The molecular weight excluding hydrogens is 428 g/mol. The summed E-state index contributed by atoms with van der Waals surface area (Å²) in [6.07, 6.45) is 0.857. The van der Waals surface area contributed by atoms with Gasteiger partial charge >= 0.3 is 0 Å². The van der Waals surface area contributed by atoms with Crippen LogP contribution in [-0.2, 0) is 23.0 Å². The molecule has 0 radical (unpaired) electrons. The van der Waals surface area contributed by atoms with Gasteiger partial charge in [0, 0.05) is 23.5 Å². The first-order valence-corrected chi connectivity index (χ1v) is 12.6. The Balaban J connectivity index is 1.62. The number of fused-ring (bicyclic) bond motifs is 1. The lowest BCUT2D eigenvalue weighted by Gasteiger charge is -2.27. The summed E-state index contributed by atoms with van der Waals surface area (Å²) in [7, 11) is -3.79. The lowest BCUT2D eigenvalue weighted by Crippen LogP contribution is -2.35. The van der Waals surface area contributed by atoms with E-state index in [0.29, 0.717) is 35.5 Å². The molecule has 0 saturated carbocycles. The number of thiophene rings is 1. The fraction of sp³-hybridized carbons (Fsp3) is 0.292. The molecule has 0 atom stereocenters. The Morgan fingerprint density at radius 2 is 1.71 bits per heavy atom. The van der Waals surface area contributed by atoms with Gasteiger partial charge in [0.2, 0.25) is 0 Å². The lowest BCUT2D eigenvalue weighted by atomic mass is 10.1. The highest BCUT2D eigenvalue weighted by Gasteiger charge is 2.24. The van der Waals surface area contributed by atoms with Crippen molar-refractivity contribution in [1.29, 1.82) is 0 Å². The SMILES string of the molecule is Cc1cc(C)c(S(=O)(=O)Nc2cc(C(=O)N3CCc4sccc4C3)ccc2C)c(C)c1. The maximum atomic E-state index is 13.2. The smallest absolute Gasteiger partial charge is 0.262 e. The highest BCUT2D eigenvalue weighted by Crippen LogP contribution is 2.28. The van der Waals surface area contributed by atoms with Crippen molar-refractivity contribution >= 4 is 33.0 Å². The molecule has 2 heterocycles. The number of anilines is 1. The molecule has 1 aromatic heterocycles. The predicted molar refractivity (Wildman–Crippen MR) is 125 cm³/mol. The standard InChI is InChI=1S/C24H26N2O3S2/c1-15-11-17(3)23(18(4)12-15)31(28,29)25-21-13-19(6-5-16(21)2)24(27)26-9-7-22-20(14-26)8-10-30-22/h5-6,8,10-13,25H,7,9,14H2,1-4H3. The summed E-state index contributed by atoms with van der Waals surface area (Å²) in [5.41, 5.74) is 5.31. The van der Waals surface area contributed by atoms with E-state index in [1.165, 1.54) is 10.4 Å². The van der Waals surface area contributed by atoms with Crippen LogP contribution in [0.2, 0.25) is 0 Å². The number of aryl methyl sites for hydroxylation is 4. The summed E-state index contributed by atoms with van der Waals surface area (Å²) >= 11 is 1.73. The lowest BCUT2D eigenvalue weighted by molar-refractivity contribution is 0.0736. The molecule has 31 heavy (non-hydrogen) atoms. The van der Waals surface area contributed by atoms with Gasteiger partial charge in [-0.15, -0.1) is 11.3 Å². The van der Waals surface area contributed by atoms with Crippen LogP contribution in [0.5, 0.6) is 0 Å². The molecule has 162 valence electrons. The molecule has 3 aromatic rings. The Bertz CT molecular complexity index is 1250. The van der Waals surface area contributed by atoms with Crippen molar-refractivity contribution in [3.8, 4) is 0 Å². The van der Waals surface area contributed by atoms with E-state index in [4.69, 9.17) is 0 Å². The van der Waals surface area contributed by atoms with Gasteiger partial charge in [0.05, 0.1) is 10.6 Å². The molecule has 0 bridgehead atoms. The monoisotopic (exact) mass is 454 g/mol. The second kappa shape index (κ2) is 8.13. The zero-order valence-corrected chi connectivity index (χ0v) is 19.8. The Labute approximate surface area is 187 Å². The number of carbonyl (C=O) groups is 1. The van der Waals surface area contributed by atoms with E-state index < -0.39 is 10.0 Å². The molecule has 0 fully saturated rings. The van der Waals surface area contributed by atoms with Crippen LogP contribution in [0.3, 0.4) is 0 Å². The van der Waals surface area contributed by atoms with Crippen molar-refractivity contribution in [2.24, 2.45) is 0 Å². The van der Waals surface area contributed by atoms with Crippen molar-refractivity contribution in [3.05, 3.63) is 80.0 Å². The quantitative estimate of drug-likeness (QED) is 0.605. The van der Waals surface area contributed by atoms with Gasteiger partial charge < -0.3 is 4.90 Å². The summed E-state index contributed by atoms with van der Waals surface area (Å²) in [6.45, 7) is 8.65. The van der Waals surface area contributed by atoms with Gasteiger partial charge in [0.1, 0.15) is 0 Å². The number of nitrogens with one attached hydrogen (secondary N) is 1. The minimum Gasteiger partial charge on any atom is -0.334 e. The van der Waals surface area contributed by atoms with Crippen molar-refractivity contribution in [1.82, 2.24) is 4.90 Å². The van der Waals surface area contributed by atoms with Crippen LogP contribution in [0.15, 0.2) is 46.7 Å². The third-order valence-corrected chi connectivity index (χ3v) is 8.39. The minimum atomic E-state index is -3.79. The molecule has 1 N–H and O–H groups in total. The van der Waals surface area contributed by atoms with Crippen LogP contribution in [0, 0.1) is 27.7 Å². The topological polar surface area (TPSA) is 66.5 Å². The van der Waals surface area contributed by atoms with E-state index in [0.717, 1.165) is 17.5 Å². The Morgan fingerprint density at radius 1 is 1.00 bits per heavy atom. The molecule has 0 aliphatic carbocycles. The van der Waals surface area contributed by atoms with Crippen LogP contribution >= 0.6 is 11.3 Å². The number of hydrogen-bond acceptors (Lipinski definition) is 4. The number of benzene rings is 2. The second-order valence-corrected chi connectivity index (χ2v) is 10.8. The third-order valence-electron chi connectivity index (χ3n) is 5.70. The third kappa shape index (κ3) is 4.25. The Morgan fingerprint density at radius 3 is 2.42 bits per heavy atom. The van der Waals surface area contributed by atoms with E-state index in [-0.39, 0.29) is 10.8 Å². The van der Waals surface area contributed by atoms with E-state index >= 15 is 0 Å². The largest absolute Gasteiger partial charge is 0.334 e. The molecule has 5 nitrogen and oxygen atoms in total. The van der Waals surface area contributed by atoms with Gasteiger partial charge in [0.25, 0.3) is 15.9 Å². The van der Waals surface area contributed by atoms with Crippen LogP contribution in [0.25, 0.3) is 0 Å². The number of carbonyl (C=O) groups excluding carboxylic acids is 1. The zero-order chi connectivity index (χ0) is 22.3.